The Morgan fingerprint density at radius 3 is 1.77 bits per heavy atom. The van der Waals surface area contributed by atoms with Gasteiger partial charge in [-0.15, -0.1) is 0 Å². The first-order valence-electron chi connectivity index (χ1n) is 11.1. The van der Waals surface area contributed by atoms with Crippen LogP contribution in [0.5, 0.6) is 0 Å². The maximum atomic E-state index is 12.7. The van der Waals surface area contributed by atoms with E-state index in [0.717, 1.165) is 11.1 Å². The molecule has 0 bridgehead atoms. The van der Waals surface area contributed by atoms with Crippen LogP contribution >= 0.6 is 0 Å². The molecule has 2 amide bonds. The number of carboxylic acid groups (broad SMARTS) is 1. The third-order valence-corrected chi connectivity index (χ3v) is 6.34. The predicted molar refractivity (Wildman–Crippen MR) is 128 cm³/mol. The first-order valence-corrected chi connectivity index (χ1v) is 11.1. The molecule has 0 saturated heterocycles. The maximum Gasteiger partial charge on any atom is 0.492 e. The number of benzene rings is 2. The average Bonchev–Trinajstić information content (AvgIpc) is 3.16. The Labute approximate surface area is 202 Å². The molecule has 182 valence electrons. The molecule has 0 unspecified atom stereocenters. The van der Waals surface area contributed by atoms with Crippen LogP contribution in [0.3, 0.4) is 0 Å². The van der Waals surface area contributed by atoms with Gasteiger partial charge in [0.1, 0.15) is 6.04 Å². The van der Waals surface area contributed by atoms with Gasteiger partial charge in [-0.2, -0.15) is 0 Å². The van der Waals surface area contributed by atoms with Gasteiger partial charge < -0.3 is 35.1 Å². The van der Waals surface area contributed by atoms with Crippen LogP contribution in [-0.4, -0.2) is 59.8 Å². The van der Waals surface area contributed by atoms with Crippen molar-refractivity contribution in [3.8, 4) is 0 Å². The first-order chi connectivity index (χ1) is 16.3. The van der Waals surface area contributed by atoms with E-state index in [4.69, 9.17) is 9.31 Å². The van der Waals surface area contributed by atoms with Crippen LogP contribution in [0.4, 0.5) is 0 Å². The lowest BCUT2D eigenvalue weighted by Crippen LogP contribution is -2.48. The van der Waals surface area contributed by atoms with Gasteiger partial charge in [0, 0.05) is 17.7 Å². The van der Waals surface area contributed by atoms with Crippen molar-refractivity contribution in [2.24, 2.45) is 0 Å². The largest absolute Gasteiger partial charge is 0.492 e. The number of hydrogen-bond acceptors (Lipinski definition) is 7. The molecular formula is C23H26B2N2O8. The van der Waals surface area contributed by atoms with E-state index in [1.165, 1.54) is 18.2 Å². The number of hydrogen-bond donors (Lipinski definition) is 5. The molecule has 5 N–H and O–H groups in total. The van der Waals surface area contributed by atoms with Crippen molar-refractivity contribution < 1.29 is 38.8 Å². The normalized spacial score (nSPS) is 18.0. The molecule has 10 nitrogen and oxygen atoms in total. The maximum absolute atomic E-state index is 12.7. The van der Waals surface area contributed by atoms with E-state index in [-0.39, 0.29) is 17.7 Å². The summed E-state index contributed by atoms with van der Waals surface area (Å²) in [5, 5.41) is 34.7. The van der Waals surface area contributed by atoms with Crippen LogP contribution < -0.4 is 21.6 Å². The van der Waals surface area contributed by atoms with Crippen molar-refractivity contribution >= 4 is 42.9 Å². The van der Waals surface area contributed by atoms with Crippen molar-refractivity contribution in [2.45, 2.75) is 44.9 Å². The van der Waals surface area contributed by atoms with Crippen LogP contribution in [0.2, 0.25) is 0 Å². The molecule has 4 rings (SSSR count). The summed E-state index contributed by atoms with van der Waals surface area (Å²) in [5.41, 5.74) is 1.35. The Hall–Kier alpha value is -3.18. The number of amides is 2. The average molecular weight is 480 g/mol. The van der Waals surface area contributed by atoms with Gasteiger partial charge in [-0.1, -0.05) is 12.1 Å². The number of rotatable bonds is 6. The summed E-state index contributed by atoms with van der Waals surface area (Å²) in [6, 6.07) is 7.98. The summed E-state index contributed by atoms with van der Waals surface area (Å²) in [6.07, 6.45) is 0. The lowest BCUT2D eigenvalue weighted by atomic mass is 9.77. The van der Waals surface area contributed by atoms with Crippen LogP contribution in [0.1, 0.15) is 59.5 Å². The van der Waals surface area contributed by atoms with E-state index in [2.05, 4.69) is 10.6 Å². The van der Waals surface area contributed by atoms with Crippen molar-refractivity contribution in [3.05, 3.63) is 58.7 Å². The monoisotopic (exact) mass is 480 g/mol. The van der Waals surface area contributed by atoms with Crippen molar-refractivity contribution in [2.75, 3.05) is 6.54 Å². The minimum Gasteiger partial charge on any atom is -0.480 e. The van der Waals surface area contributed by atoms with E-state index < -0.39 is 49.3 Å². The van der Waals surface area contributed by atoms with E-state index in [0.29, 0.717) is 10.9 Å². The Balaban J connectivity index is 1.43. The van der Waals surface area contributed by atoms with E-state index in [9.17, 15) is 29.5 Å². The van der Waals surface area contributed by atoms with Gasteiger partial charge in [0.05, 0.1) is 11.2 Å². The topological polar surface area (TPSA) is 154 Å². The molecular weight excluding hydrogens is 454 g/mol. The Bertz CT molecular complexity index is 1220. The Kier molecular flexibility index (Phi) is 6.26. The van der Waals surface area contributed by atoms with Crippen molar-refractivity contribution in [1.29, 1.82) is 0 Å². The second kappa shape index (κ2) is 8.80. The van der Waals surface area contributed by atoms with Crippen LogP contribution in [0, 0.1) is 0 Å². The predicted octanol–water partition coefficient (Wildman–Crippen LogP) is -0.795. The molecule has 2 aliphatic rings. The SMILES string of the molecule is CC1(C)OB(O)c2cc(C(=O)NC[C@H](NC(=O)c3ccc4c(c3)B(O)OC4(C)C)C(=O)O)ccc21. The molecule has 0 aliphatic carbocycles. The number of carboxylic acids is 1. The minimum absolute atomic E-state index is 0.150. The van der Waals surface area contributed by atoms with Gasteiger partial charge in [-0.05, 0) is 74.0 Å². The molecule has 0 radical (unpaired) electrons. The highest BCUT2D eigenvalue weighted by Crippen LogP contribution is 2.30. The summed E-state index contributed by atoms with van der Waals surface area (Å²) in [4.78, 5) is 37.1. The molecule has 2 heterocycles. The van der Waals surface area contributed by atoms with E-state index >= 15 is 0 Å². The quantitative estimate of drug-likeness (QED) is 0.337. The minimum atomic E-state index is -1.40. The highest BCUT2D eigenvalue weighted by molar-refractivity contribution is 6.62. The van der Waals surface area contributed by atoms with Gasteiger partial charge >= 0.3 is 20.2 Å². The third-order valence-electron chi connectivity index (χ3n) is 6.34. The zero-order valence-electron chi connectivity index (χ0n) is 19.8. The lowest BCUT2D eigenvalue weighted by Gasteiger charge is -2.20. The van der Waals surface area contributed by atoms with Gasteiger partial charge in [0.25, 0.3) is 11.8 Å². The first kappa shape index (κ1) is 24.9. The second-order valence-corrected chi connectivity index (χ2v) is 9.64. The van der Waals surface area contributed by atoms with Gasteiger partial charge in [0.15, 0.2) is 0 Å². The standard InChI is InChI=1S/C23H26B2N2O8/c1-22(2)14-7-5-12(9-16(14)24(32)34-22)19(28)26-11-18(21(30)31)27-20(29)13-6-8-15-17(10-13)25(33)35-23(15,3)4/h5-10,18,32-33H,11H2,1-4H3,(H,26,28)(H,27,29)(H,30,31)/t18-/m0/s1. The van der Waals surface area contributed by atoms with Gasteiger partial charge in [-0.3, -0.25) is 9.59 Å². The third kappa shape index (κ3) is 4.70. The number of aliphatic carboxylic acids is 1. The van der Waals surface area contributed by atoms with E-state index in [1.807, 2.05) is 0 Å². The molecule has 12 heteroatoms. The summed E-state index contributed by atoms with van der Waals surface area (Å²) >= 11 is 0. The zero-order valence-corrected chi connectivity index (χ0v) is 19.8. The van der Waals surface area contributed by atoms with Crippen LogP contribution in [0.25, 0.3) is 0 Å². The molecule has 0 fully saturated rings. The number of nitrogens with one attached hydrogen (secondary N) is 2. The highest BCUT2D eigenvalue weighted by atomic mass is 16.5. The lowest BCUT2D eigenvalue weighted by molar-refractivity contribution is -0.139. The zero-order chi connectivity index (χ0) is 25.7. The van der Waals surface area contributed by atoms with Crippen LogP contribution in [-0.2, 0) is 25.3 Å². The molecule has 2 aliphatic heterocycles. The molecule has 0 aromatic heterocycles. The molecule has 1 atom stereocenters. The summed E-state index contributed by atoms with van der Waals surface area (Å²) < 4.78 is 11.0. The van der Waals surface area contributed by atoms with Gasteiger partial charge in [0.2, 0.25) is 0 Å². The summed E-state index contributed by atoms with van der Waals surface area (Å²) in [7, 11) is -2.36. The number of carbonyl (C=O) groups is 3. The Morgan fingerprint density at radius 2 is 1.31 bits per heavy atom. The summed E-state index contributed by atoms with van der Waals surface area (Å²) in [5.74, 6) is -2.57. The molecule has 0 spiro atoms. The number of fused-ring (bicyclic) bond motifs is 2. The van der Waals surface area contributed by atoms with Gasteiger partial charge in [-0.25, -0.2) is 4.79 Å². The molecule has 35 heavy (non-hydrogen) atoms. The Morgan fingerprint density at radius 1 is 0.857 bits per heavy atom. The van der Waals surface area contributed by atoms with Crippen molar-refractivity contribution in [1.82, 2.24) is 10.6 Å². The second-order valence-electron chi connectivity index (χ2n) is 9.64. The fraction of sp³-hybridized carbons (Fsp3) is 0.348. The van der Waals surface area contributed by atoms with Crippen LogP contribution in [0.15, 0.2) is 36.4 Å². The summed E-state index contributed by atoms with van der Waals surface area (Å²) in [6.45, 7) is 6.82. The highest BCUT2D eigenvalue weighted by Gasteiger charge is 2.42. The van der Waals surface area contributed by atoms with E-state index in [1.54, 1.807) is 45.9 Å². The fourth-order valence-corrected chi connectivity index (χ4v) is 4.46. The molecule has 0 saturated carbocycles. The fourth-order valence-electron chi connectivity index (χ4n) is 4.46. The molecule has 2 aromatic carbocycles. The smallest absolute Gasteiger partial charge is 0.480 e. The number of carbonyl (C=O) groups excluding carboxylic acids is 2. The van der Waals surface area contributed by atoms with Crippen molar-refractivity contribution in [3.63, 3.8) is 0 Å². The molecule has 2 aromatic rings.